The Kier molecular flexibility index (Phi) is 3.90. The SMILES string of the molecule is C=IC1CC[I-]CC1. The van der Waals surface area contributed by atoms with E-state index in [4.69, 9.17) is 0 Å². The summed E-state index contributed by atoms with van der Waals surface area (Å²) in [4.78, 5) is 0. The van der Waals surface area contributed by atoms with Crippen molar-refractivity contribution >= 4 is 25.2 Å². The molecular weight excluding hydrogens is 326 g/mol. The van der Waals surface area contributed by atoms with Gasteiger partial charge in [0.25, 0.3) is 0 Å². The van der Waals surface area contributed by atoms with E-state index >= 15 is 0 Å². The fourth-order valence-electron chi connectivity index (χ4n) is 0.784. The Hall–Kier alpha value is 1.33. The van der Waals surface area contributed by atoms with Crippen LogP contribution in [0.15, 0.2) is 0 Å². The maximum atomic E-state index is 4.03. The zero-order valence-electron chi connectivity index (χ0n) is 4.87. The fourth-order valence-corrected chi connectivity index (χ4v) is 7.60. The first-order valence-corrected chi connectivity index (χ1v) is 8.66. The van der Waals surface area contributed by atoms with Crippen LogP contribution in [0, 0.1) is 0 Å². The summed E-state index contributed by atoms with van der Waals surface area (Å²) in [6.45, 7) is 0. The summed E-state index contributed by atoms with van der Waals surface area (Å²) < 4.78 is 8.34. The van der Waals surface area contributed by atoms with Gasteiger partial charge in [-0.15, -0.1) is 0 Å². The molecule has 2 heteroatoms. The second-order valence-corrected chi connectivity index (χ2v) is 7.77. The molecule has 0 aromatic rings. The van der Waals surface area contributed by atoms with Crippen LogP contribution in [0.5, 0.6) is 0 Å². The second kappa shape index (κ2) is 4.19. The first-order chi connectivity index (χ1) is 3.93. The van der Waals surface area contributed by atoms with Crippen LogP contribution >= 0.6 is 20.7 Å². The number of alkyl halides is 3. The van der Waals surface area contributed by atoms with Gasteiger partial charge in [0, 0.05) is 0 Å². The monoisotopic (exact) mass is 337 g/mol. The summed E-state index contributed by atoms with van der Waals surface area (Å²) in [5, 5.41) is 0. The molecule has 0 atom stereocenters. The quantitative estimate of drug-likeness (QED) is 0.410. The molecule has 0 radical (unpaired) electrons. The average Bonchev–Trinajstić information content (AvgIpc) is 1.90. The van der Waals surface area contributed by atoms with Gasteiger partial charge in [0.1, 0.15) is 0 Å². The topological polar surface area (TPSA) is 0 Å². The Morgan fingerprint density at radius 1 is 1.38 bits per heavy atom. The van der Waals surface area contributed by atoms with Crippen LogP contribution in [-0.2, 0) is 0 Å². The molecule has 0 aromatic heterocycles. The van der Waals surface area contributed by atoms with Crippen LogP contribution in [0.3, 0.4) is 0 Å². The summed E-state index contributed by atoms with van der Waals surface area (Å²) in [5.41, 5.74) is 0. The van der Waals surface area contributed by atoms with Crippen molar-refractivity contribution in [3.8, 4) is 0 Å². The standard InChI is InChI=1S/C6H11I2/c1-7-6-2-4-8-5-3-6/h6H,1-5H2/q-1. The minimum absolute atomic E-state index is 0.354. The van der Waals surface area contributed by atoms with Gasteiger partial charge < -0.3 is 0 Å². The molecule has 1 aliphatic heterocycles. The molecule has 1 saturated heterocycles. The predicted molar refractivity (Wildman–Crippen MR) is 43.9 cm³/mol. The van der Waals surface area contributed by atoms with E-state index in [0.717, 1.165) is 3.92 Å². The van der Waals surface area contributed by atoms with Gasteiger partial charge in [0.2, 0.25) is 0 Å². The number of hydrogen-bond acceptors (Lipinski definition) is 0. The van der Waals surface area contributed by atoms with E-state index in [-0.39, 0.29) is 0 Å². The molecule has 0 amide bonds. The van der Waals surface area contributed by atoms with Crippen molar-refractivity contribution in [3.05, 3.63) is 0 Å². The second-order valence-electron chi connectivity index (χ2n) is 1.90. The van der Waals surface area contributed by atoms with Gasteiger partial charge in [-0.05, 0) is 0 Å². The Morgan fingerprint density at radius 2 is 2.00 bits per heavy atom. The molecule has 1 aliphatic rings. The molecule has 0 bridgehead atoms. The number of hydrogen-bond donors (Lipinski definition) is 0. The first kappa shape index (κ1) is 7.44. The van der Waals surface area contributed by atoms with Crippen LogP contribution < -0.4 is 21.2 Å². The molecule has 1 rings (SSSR count). The zero-order chi connectivity index (χ0) is 5.82. The Balaban J connectivity index is 2.22. The normalized spacial score (nSPS) is 24.5. The van der Waals surface area contributed by atoms with E-state index in [2.05, 4.69) is 4.51 Å². The van der Waals surface area contributed by atoms with E-state index in [1.807, 2.05) is 0 Å². The predicted octanol–water partition coefficient (Wildman–Crippen LogP) is -1.36. The molecule has 1 fully saturated rings. The summed E-state index contributed by atoms with van der Waals surface area (Å²) >= 11 is 1.03. The van der Waals surface area contributed by atoms with Gasteiger partial charge in [-0.25, -0.2) is 0 Å². The van der Waals surface area contributed by atoms with Crippen molar-refractivity contribution < 1.29 is 21.2 Å². The van der Waals surface area contributed by atoms with E-state index in [1.165, 1.54) is 0 Å². The molecular formula is C6H11I2-. The molecule has 0 spiro atoms. The average molecular weight is 337 g/mol. The summed E-state index contributed by atoms with van der Waals surface area (Å²) in [7, 11) is 0. The third-order valence-electron chi connectivity index (χ3n) is 1.33. The van der Waals surface area contributed by atoms with Crippen molar-refractivity contribution in [1.82, 2.24) is 0 Å². The Morgan fingerprint density at radius 3 is 2.38 bits per heavy atom. The minimum atomic E-state index is 0.354. The molecule has 0 unspecified atom stereocenters. The third kappa shape index (κ3) is 2.29. The van der Waals surface area contributed by atoms with Crippen LogP contribution in [0.1, 0.15) is 12.8 Å². The fraction of sp³-hybridized carbons (Fsp3) is 0.833. The molecule has 50 valence electrons. The zero-order valence-corrected chi connectivity index (χ0v) is 9.18. The van der Waals surface area contributed by atoms with Crippen LogP contribution in [0.2, 0.25) is 0 Å². The van der Waals surface area contributed by atoms with Gasteiger partial charge in [-0.2, -0.15) is 0 Å². The van der Waals surface area contributed by atoms with Crippen LogP contribution in [0.4, 0.5) is 0 Å². The van der Waals surface area contributed by atoms with Gasteiger partial charge in [-0.3, -0.25) is 0 Å². The van der Waals surface area contributed by atoms with E-state index in [1.54, 1.807) is 21.7 Å². The molecule has 1 heterocycles. The summed E-state index contributed by atoms with van der Waals surface area (Å²) in [6, 6.07) is 0. The van der Waals surface area contributed by atoms with Gasteiger partial charge in [0.05, 0.1) is 0 Å². The maximum absolute atomic E-state index is 4.03. The van der Waals surface area contributed by atoms with E-state index < -0.39 is 0 Å². The molecule has 8 heavy (non-hydrogen) atoms. The van der Waals surface area contributed by atoms with E-state index in [0.29, 0.717) is 41.9 Å². The molecule has 0 aliphatic carbocycles. The number of halogens is 2. The first-order valence-electron chi connectivity index (χ1n) is 2.84. The van der Waals surface area contributed by atoms with Crippen LogP contribution in [-0.4, -0.2) is 17.3 Å². The van der Waals surface area contributed by atoms with Gasteiger partial charge >= 0.3 is 72.1 Å². The van der Waals surface area contributed by atoms with Crippen molar-refractivity contribution in [2.24, 2.45) is 0 Å². The Labute approximate surface area is 71.4 Å². The molecule has 0 aromatic carbocycles. The van der Waals surface area contributed by atoms with E-state index in [9.17, 15) is 0 Å². The summed E-state index contributed by atoms with van der Waals surface area (Å²) in [5.74, 6) is 0. The van der Waals surface area contributed by atoms with Crippen LogP contribution in [0.25, 0.3) is 0 Å². The van der Waals surface area contributed by atoms with Gasteiger partial charge in [0.15, 0.2) is 0 Å². The molecule has 0 N–H and O–H groups in total. The third-order valence-corrected chi connectivity index (χ3v) is 6.59. The molecule has 0 nitrogen and oxygen atoms in total. The molecule has 0 saturated carbocycles. The van der Waals surface area contributed by atoms with Gasteiger partial charge in [-0.1, -0.05) is 0 Å². The van der Waals surface area contributed by atoms with Crippen molar-refractivity contribution in [3.63, 3.8) is 0 Å². The summed E-state index contributed by atoms with van der Waals surface area (Å²) in [6.07, 6.45) is 3.09. The van der Waals surface area contributed by atoms with Crippen molar-refractivity contribution in [2.75, 3.05) is 8.86 Å². The van der Waals surface area contributed by atoms with Crippen molar-refractivity contribution in [1.29, 1.82) is 0 Å². The van der Waals surface area contributed by atoms with Crippen molar-refractivity contribution in [2.45, 2.75) is 16.8 Å². The Bertz CT molecular complexity index is 74.6. The number of rotatable bonds is 1.